The van der Waals surface area contributed by atoms with Gasteiger partial charge in [-0.2, -0.15) is 0 Å². The Morgan fingerprint density at radius 1 is 1.41 bits per heavy atom. The number of piperidine rings is 1. The van der Waals surface area contributed by atoms with Crippen molar-refractivity contribution in [1.82, 2.24) is 10.2 Å². The minimum absolute atomic E-state index is 0.464. The zero-order valence-electron chi connectivity index (χ0n) is 13.6. The van der Waals surface area contributed by atoms with Gasteiger partial charge in [-0.1, -0.05) is 37.3 Å². The summed E-state index contributed by atoms with van der Waals surface area (Å²) in [6.45, 7) is 10.7. The van der Waals surface area contributed by atoms with Crippen molar-refractivity contribution in [2.24, 2.45) is 16.6 Å². The number of nitrogens with zero attached hydrogens (tertiary/aromatic N) is 2. The third-order valence-corrected chi connectivity index (χ3v) is 4.03. The summed E-state index contributed by atoms with van der Waals surface area (Å²) in [6.07, 6.45) is 4.46. The van der Waals surface area contributed by atoms with Crippen LogP contribution in [0.25, 0.3) is 0 Å². The van der Waals surface area contributed by atoms with Crippen molar-refractivity contribution in [1.29, 1.82) is 0 Å². The fourth-order valence-electron chi connectivity index (χ4n) is 2.85. The lowest BCUT2D eigenvalue weighted by Crippen LogP contribution is -2.33. The highest BCUT2D eigenvalue weighted by Crippen LogP contribution is 2.18. The maximum atomic E-state index is 5.76. The number of rotatable bonds is 6. The second-order valence-corrected chi connectivity index (χ2v) is 6.17. The molecule has 0 amide bonds. The molecule has 4 heteroatoms. The maximum Gasteiger partial charge on any atom is 0.189 e. The predicted octanol–water partition coefficient (Wildman–Crippen LogP) is 2.51. The normalized spacial score (nSPS) is 19.9. The SMILES string of the molecule is C=CCNC(N)=NCc1ccc(CN2CCCC(C)C2)cc1. The molecule has 1 aromatic carbocycles. The molecule has 0 saturated carbocycles. The van der Waals surface area contributed by atoms with Gasteiger partial charge in [-0.15, -0.1) is 6.58 Å². The minimum atomic E-state index is 0.464. The van der Waals surface area contributed by atoms with E-state index in [4.69, 9.17) is 5.73 Å². The van der Waals surface area contributed by atoms with Gasteiger partial charge in [-0.3, -0.25) is 4.90 Å². The molecule has 1 aliphatic rings. The monoisotopic (exact) mass is 300 g/mol. The minimum Gasteiger partial charge on any atom is -0.370 e. The maximum absolute atomic E-state index is 5.76. The molecule has 0 aliphatic carbocycles. The molecule has 1 atom stereocenters. The lowest BCUT2D eigenvalue weighted by molar-refractivity contribution is 0.176. The molecule has 0 bridgehead atoms. The second kappa shape index (κ2) is 8.59. The number of aliphatic imine (C=N–C) groups is 1. The fourth-order valence-corrected chi connectivity index (χ4v) is 2.85. The predicted molar refractivity (Wildman–Crippen MR) is 93.6 cm³/mol. The smallest absolute Gasteiger partial charge is 0.189 e. The van der Waals surface area contributed by atoms with E-state index < -0.39 is 0 Å². The quantitative estimate of drug-likeness (QED) is 0.482. The van der Waals surface area contributed by atoms with Gasteiger partial charge in [-0.25, -0.2) is 4.99 Å². The summed E-state index contributed by atoms with van der Waals surface area (Å²) in [5, 5.41) is 2.98. The first-order chi connectivity index (χ1) is 10.7. The third kappa shape index (κ3) is 5.53. The molecule has 1 heterocycles. The van der Waals surface area contributed by atoms with Crippen molar-refractivity contribution in [3.63, 3.8) is 0 Å². The average Bonchev–Trinajstić information content (AvgIpc) is 2.52. The molecule has 1 unspecified atom stereocenters. The molecular weight excluding hydrogens is 272 g/mol. The van der Waals surface area contributed by atoms with Gasteiger partial charge in [0.05, 0.1) is 6.54 Å². The van der Waals surface area contributed by atoms with Gasteiger partial charge in [-0.05, 0) is 36.4 Å². The Hall–Kier alpha value is -1.81. The Bertz CT molecular complexity index is 492. The van der Waals surface area contributed by atoms with Gasteiger partial charge < -0.3 is 11.1 Å². The Kier molecular flexibility index (Phi) is 6.46. The molecule has 1 aromatic rings. The van der Waals surface area contributed by atoms with Gasteiger partial charge in [0.2, 0.25) is 0 Å². The van der Waals surface area contributed by atoms with E-state index >= 15 is 0 Å². The van der Waals surface area contributed by atoms with E-state index in [1.54, 1.807) is 6.08 Å². The number of likely N-dealkylation sites (tertiary alicyclic amines) is 1. The van der Waals surface area contributed by atoms with Crippen LogP contribution in [0, 0.1) is 5.92 Å². The van der Waals surface area contributed by atoms with E-state index in [1.165, 1.54) is 37.1 Å². The van der Waals surface area contributed by atoms with Gasteiger partial charge >= 0.3 is 0 Å². The Morgan fingerprint density at radius 3 is 2.82 bits per heavy atom. The van der Waals surface area contributed by atoms with Gasteiger partial charge in [0.15, 0.2) is 5.96 Å². The molecule has 120 valence electrons. The summed E-state index contributed by atoms with van der Waals surface area (Å²) >= 11 is 0. The zero-order chi connectivity index (χ0) is 15.8. The standard InChI is InChI=1S/C18H28N4/c1-3-10-20-18(19)21-12-16-6-8-17(9-7-16)14-22-11-4-5-15(2)13-22/h3,6-9,15H,1,4-5,10-14H2,2H3,(H3,19,20,21). The number of nitrogens with two attached hydrogens (primary N) is 1. The van der Waals surface area contributed by atoms with Crippen molar-refractivity contribution < 1.29 is 0 Å². The summed E-state index contributed by atoms with van der Waals surface area (Å²) in [5.74, 6) is 1.29. The molecule has 0 aromatic heterocycles. The summed E-state index contributed by atoms with van der Waals surface area (Å²) < 4.78 is 0. The van der Waals surface area contributed by atoms with Crippen LogP contribution in [0.4, 0.5) is 0 Å². The molecule has 1 fully saturated rings. The van der Waals surface area contributed by atoms with Gasteiger partial charge in [0, 0.05) is 19.6 Å². The zero-order valence-corrected chi connectivity index (χ0v) is 13.6. The Balaban J connectivity index is 1.83. The largest absolute Gasteiger partial charge is 0.370 e. The first-order valence-electron chi connectivity index (χ1n) is 8.12. The van der Waals surface area contributed by atoms with E-state index in [-0.39, 0.29) is 0 Å². The molecule has 3 N–H and O–H groups in total. The van der Waals surface area contributed by atoms with Gasteiger partial charge in [0.25, 0.3) is 0 Å². The summed E-state index contributed by atoms with van der Waals surface area (Å²) in [4.78, 5) is 6.87. The molecular formula is C18H28N4. The van der Waals surface area contributed by atoms with Crippen molar-refractivity contribution in [2.45, 2.75) is 32.9 Å². The van der Waals surface area contributed by atoms with Crippen LogP contribution >= 0.6 is 0 Å². The van der Waals surface area contributed by atoms with Crippen LogP contribution in [-0.2, 0) is 13.1 Å². The molecule has 1 saturated heterocycles. The van der Waals surface area contributed by atoms with E-state index in [0.29, 0.717) is 19.0 Å². The first kappa shape index (κ1) is 16.6. The number of nitrogens with one attached hydrogen (secondary N) is 1. The van der Waals surface area contributed by atoms with Crippen molar-refractivity contribution in [3.8, 4) is 0 Å². The van der Waals surface area contributed by atoms with Crippen LogP contribution in [0.15, 0.2) is 41.9 Å². The van der Waals surface area contributed by atoms with Gasteiger partial charge in [0.1, 0.15) is 0 Å². The molecule has 0 radical (unpaired) electrons. The number of guanidine groups is 1. The van der Waals surface area contributed by atoms with Crippen LogP contribution in [-0.4, -0.2) is 30.5 Å². The van der Waals surface area contributed by atoms with Crippen LogP contribution in [0.3, 0.4) is 0 Å². The van der Waals surface area contributed by atoms with E-state index in [2.05, 4.69) is 53.0 Å². The van der Waals surface area contributed by atoms with Crippen molar-refractivity contribution in [2.75, 3.05) is 19.6 Å². The number of benzene rings is 1. The summed E-state index contributed by atoms with van der Waals surface area (Å²) in [6, 6.07) is 8.70. The first-order valence-corrected chi connectivity index (χ1v) is 8.12. The van der Waals surface area contributed by atoms with Crippen LogP contribution in [0.5, 0.6) is 0 Å². The fraction of sp³-hybridized carbons (Fsp3) is 0.500. The van der Waals surface area contributed by atoms with E-state index in [1.807, 2.05) is 0 Å². The molecule has 2 rings (SSSR count). The Labute approximate surface area is 134 Å². The Morgan fingerprint density at radius 2 is 2.14 bits per heavy atom. The molecule has 4 nitrogen and oxygen atoms in total. The lowest BCUT2D eigenvalue weighted by atomic mass is 9.99. The van der Waals surface area contributed by atoms with Crippen LogP contribution in [0.1, 0.15) is 30.9 Å². The molecule has 0 spiro atoms. The van der Waals surface area contributed by atoms with Crippen molar-refractivity contribution in [3.05, 3.63) is 48.0 Å². The number of hydrogen-bond donors (Lipinski definition) is 2. The lowest BCUT2D eigenvalue weighted by Gasteiger charge is -2.30. The highest BCUT2D eigenvalue weighted by molar-refractivity contribution is 5.77. The van der Waals surface area contributed by atoms with Crippen LogP contribution in [0.2, 0.25) is 0 Å². The summed E-state index contributed by atoms with van der Waals surface area (Å²) in [7, 11) is 0. The van der Waals surface area contributed by atoms with Crippen LogP contribution < -0.4 is 11.1 Å². The van der Waals surface area contributed by atoms with E-state index in [0.717, 1.165) is 12.5 Å². The highest BCUT2D eigenvalue weighted by atomic mass is 15.1. The molecule has 1 aliphatic heterocycles. The van der Waals surface area contributed by atoms with E-state index in [9.17, 15) is 0 Å². The van der Waals surface area contributed by atoms with Crippen molar-refractivity contribution >= 4 is 5.96 Å². The highest BCUT2D eigenvalue weighted by Gasteiger charge is 2.15. The number of hydrogen-bond acceptors (Lipinski definition) is 2. The molecule has 22 heavy (non-hydrogen) atoms. The second-order valence-electron chi connectivity index (χ2n) is 6.17. The average molecular weight is 300 g/mol. The topological polar surface area (TPSA) is 53.6 Å². The summed E-state index contributed by atoms with van der Waals surface area (Å²) in [5.41, 5.74) is 8.31. The third-order valence-electron chi connectivity index (χ3n) is 4.03.